The summed E-state index contributed by atoms with van der Waals surface area (Å²) in [6, 6.07) is 0.613. The third-order valence-electron chi connectivity index (χ3n) is 4.70. The van der Waals surface area contributed by atoms with Crippen molar-refractivity contribution < 1.29 is 0 Å². The molecular weight excluding hydrogens is 308 g/mol. The number of hydrogen-bond acceptors (Lipinski definition) is 5. The SMILES string of the molecule is CCc1cnc(CCNC(=NC)NCC2CN3CCN2CC3)s1. The predicted molar refractivity (Wildman–Crippen MR) is 96.4 cm³/mol. The van der Waals surface area contributed by atoms with Crippen molar-refractivity contribution in [3.8, 4) is 0 Å². The average Bonchev–Trinajstić information content (AvgIpc) is 3.07. The van der Waals surface area contributed by atoms with Crippen LogP contribution in [0.1, 0.15) is 16.8 Å². The molecule has 0 spiro atoms. The molecule has 4 rings (SSSR count). The van der Waals surface area contributed by atoms with E-state index >= 15 is 0 Å². The van der Waals surface area contributed by atoms with Crippen molar-refractivity contribution in [1.29, 1.82) is 0 Å². The van der Waals surface area contributed by atoms with Gasteiger partial charge in [-0.25, -0.2) is 4.98 Å². The van der Waals surface area contributed by atoms with Gasteiger partial charge in [0.1, 0.15) is 0 Å². The summed E-state index contributed by atoms with van der Waals surface area (Å²) >= 11 is 1.81. The Bertz CT molecular complexity index is 520. The van der Waals surface area contributed by atoms with E-state index in [-0.39, 0.29) is 0 Å². The van der Waals surface area contributed by atoms with Crippen LogP contribution in [0, 0.1) is 0 Å². The summed E-state index contributed by atoms with van der Waals surface area (Å²) in [6.07, 6.45) is 4.02. The molecule has 1 aromatic heterocycles. The van der Waals surface area contributed by atoms with E-state index in [9.17, 15) is 0 Å². The van der Waals surface area contributed by atoms with Gasteiger partial charge in [0.15, 0.2) is 5.96 Å². The number of hydrogen-bond donors (Lipinski definition) is 2. The molecule has 0 radical (unpaired) electrons. The van der Waals surface area contributed by atoms with Crippen LogP contribution in [0.2, 0.25) is 0 Å². The number of nitrogens with one attached hydrogen (secondary N) is 2. The van der Waals surface area contributed by atoms with Crippen LogP contribution in [0.15, 0.2) is 11.2 Å². The molecular formula is C16H28N6S. The summed E-state index contributed by atoms with van der Waals surface area (Å²) in [7, 11) is 1.84. The maximum atomic E-state index is 4.46. The first-order valence-corrected chi connectivity index (χ1v) is 9.44. The third kappa shape index (κ3) is 4.43. The van der Waals surface area contributed by atoms with Crippen LogP contribution in [0.4, 0.5) is 0 Å². The molecule has 0 saturated carbocycles. The summed E-state index contributed by atoms with van der Waals surface area (Å²) in [5, 5.41) is 8.08. The van der Waals surface area contributed by atoms with Crippen LogP contribution in [0.3, 0.4) is 0 Å². The molecule has 3 aliphatic heterocycles. The minimum atomic E-state index is 0.613. The van der Waals surface area contributed by atoms with E-state index in [2.05, 4.69) is 37.3 Å². The second-order valence-corrected chi connectivity index (χ2v) is 7.39. The van der Waals surface area contributed by atoms with Gasteiger partial charge in [-0.3, -0.25) is 14.8 Å². The Balaban J connectivity index is 1.38. The van der Waals surface area contributed by atoms with Crippen molar-refractivity contribution in [3.63, 3.8) is 0 Å². The summed E-state index contributed by atoms with van der Waals surface area (Å²) in [4.78, 5) is 15.3. The lowest BCUT2D eigenvalue weighted by molar-refractivity contribution is 0.0154. The van der Waals surface area contributed by atoms with Crippen molar-refractivity contribution in [1.82, 2.24) is 25.4 Å². The first kappa shape index (κ1) is 16.7. The molecule has 4 heterocycles. The molecule has 1 aromatic rings. The van der Waals surface area contributed by atoms with Crippen molar-refractivity contribution >= 4 is 17.3 Å². The van der Waals surface area contributed by atoms with E-state index in [0.29, 0.717) is 6.04 Å². The Hall–Kier alpha value is -1.18. The Kier molecular flexibility index (Phi) is 5.85. The van der Waals surface area contributed by atoms with Gasteiger partial charge in [-0.05, 0) is 6.42 Å². The highest BCUT2D eigenvalue weighted by molar-refractivity contribution is 7.11. The molecule has 1 unspecified atom stereocenters. The van der Waals surface area contributed by atoms with Crippen LogP contribution in [-0.4, -0.2) is 79.6 Å². The maximum absolute atomic E-state index is 4.46. The summed E-state index contributed by atoms with van der Waals surface area (Å²) in [6.45, 7) is 10.1. The molecule has 2 bridgehead atoms. The number of guanidine groups is 1. The Morgan fingerprint density at radius 2 is 2.17 bits per heavy atom. The highest BCUT2D eigenvalue weighted by Gasteiger charge is 2.31. The van der Waals surface area contributed by atoms with Gasteiger partial charge in [-0.1, -0.05) is 6.92 Å². The van der Waals surface area contributed by atoms with Crippen LogP contribution >= 0.6 is 11.3 Å². The van der Waals surface area contributed by atoms with Gasteiger partial charge in [0.05, 0.1) is 5.01 Å². The Morgan fingerprint density at radius 1 is 1.35 bits per heavy atom. The normalized spacial score (nSPS) is 27.2. The second kappa shape index (κ2) is 8.08. The largest absolute Gasteiger partial charge is 0.356 e. The molecule has 0 amide bonds. The lowest BCUT2D eigenvalue weighted by atomic mass is 10.1. The van der Waals surface area contributed by atoms with Crippen LogP contribution in [-0.2, 0) is 12.8 Å². The Labute approximate surface area is 143 Å². The van der Waals surface area contributed by atoms with Crippen molar-refractivity contribution in [3.05, 3.63) is 16.1 Å². The number of aliphatic imine (C=N–C) groups is 1. The first-order chi connectivity index (χ1) is 11.3. The van der Waals surface area contributed by atoms with Crippen molar-refractivity contribution in [2.45, 2.75) is 25.8 Å². The fourth-order valence-corrected chi connectivity index (χ4v) is 4.13. The van der Waals surface area contributed by atoms with Crippen LogP contribution in [0.5, 0.6) is 0 Å². The minimum absolute atomic E-state index is 0.613. The second-order valence-electron chi connectivity index (χ2n) is 6.19. The lowest BCUT2D eigenvalue weighted by Crippen LogP contribution is -2.63. The molecule has 128 valence electrons. The van der Waals surface area contributed by atoms with E-state index in [1.807, 2.05) is 24.6 Å². The zero-order chi connectivity index (χ0) is 16.1. The molecule has 3 fully saturated rings. The van der Waals surface area contributed by atoms with Gasteiger partial charge >= 0.3 is 0 Å². The summed E-state index contributed by atoms with van der Waals surface area (Å²) in [5.41, 5.74) is 0. The zero-order valence-electron chi connectivity index (χ0n) is 14.2. The molecule has 3 aliphatic rings. The number of aryl methyl sites for hydroxylation is 1. The fraction of sp³-hybridized carbons (Fsp3) is 0.750. The molecule has 1 atom stereocenters. The van der Waals surface area contributed by atoms with Crippen molar-refractivity contribution in [2.24, 2.45) is 4.99 Å². The number of nitrogens with zero attached hydrogens (tertiary/aromatic N) is 4. The maximum Gasteiger partial charge on any atom is 0.191 e. The van der Waals surface area contributed by atoms with E-state index in [4.69, 9.17) is 0 Å². The quantitative estimate of drug-likeness (QED) is 0.582. The molecule has 0 aromatic carbocycles. The average molecular weight is 337 g/mol. The monoisotopic (exact) mass is 336 g/mol. The summed E-state index contributed by atoms with van der Waals surface area (Å²) < 4.78 is 0. The van der Waals surface area contributed by atoms with Gasteiger partial charge in [0.25, 0.3) is 0 Å². The van der Waals surface area contributed by atoms with Gasteiger partial charge in [0.2, 0.25) is 0 Å². The molecule has 6 nitrogen and oxygen atoms in total. The highest BCUT2D eigenvalue weighted by atomic mass is 32.1. The van der Waals surface area contributed by atoms with E-state index in [0.717, 1.165) is 31.9 Å². The van der Waals surface area contributed by atoms with E-state index < -0.39 is 0 Å². The molecule has 3 saturated heterocycles. The number of aromatic nitrogens is 1. The first-order valence-electron chi connectivity index (χ1n) is 8.63. The lowest BCUT2D eigenvalue weighted by Gasteiger charge is -2.47. The van der Waals surface area contributed by atoms with Gasteiger partial charge in [-0.2, -0.15) is 0 Å². The molecule has 2 N–H and O–H groups in total. The smallest absolute Gasteiger partial charge is 0.191 e. The molecule has 23 heavy (non-hydrogen) atoms. The predicted octanol–water partition coefficient (Wildman–Crippen LogP) is 0.413. The van der Waals surface area contributed by atoms with Gasteiger partial charge in [0, 0.05) is 76.4 Å². The Morgan fingerprint density at radius 3 is 2.78 bits per heavy atom. The summed E-state index contributed by atoms with van der Waals surface area (Å²) in [5.74, 6) is 0.898. The van der Waals surface area contributed by atoms with Crippen LogP contribution < -0.4 is 10.6 Å². The van der Waals surface area contributed by atoms with E-state index in [1.165, 1.54) is 42.6 Å². The number of rotatable bonds is 6. The number of thiazole rings is 1. The molecule has 7 heteroatoms. The number of piperazine rings is 3. The topological polar surface area (TPSA) is 55.8 Å². The minimum Gasteiger partial charge on any atom is -0.356 e. The van der Waals surface area contributed by atoms with E-state index in [1.54, 1.807) is 0 Å². The number of fused-ring (bicyclic) bond motifs is 3. The molecule has 0 aliphatic carbocycles. The van der Waals surface area contributed by atoms with Crippen molar-refractivity contribution in [2.75, 3.05) is 52.9 Å². The zero-order valence-corrected chi connectivity index (χ0v) is 15.0. The third-order valence-corrected chi connectivity index (χ3v) is 5.90. The fourth-order valence-electron chi connectivity index (χ4n) is 3.27. The standard InChI is InChI=1S/C16H28N6S/c1-3-14-11-19-15(23-14)4-5-18-16(17-2)20-10-13-12-21-6-8-22(13)9-7-21/h11,13H,3-10,12H2,1-2H3,(H2,17,18,20). The highest BCUT2D eigenvalue weighted by Crippen LogP contribution is 2.15. The van der Waals surface area contributed by atoms with Crippen LogP contribution in [0.25, 0.3) is 0 Å². The van der Waals surface area contributed by atoms with Gasteiger partial charge < -0.3 is 10.6 Å². The van der Waals surface area contributed by atoms with Gasteiger partial charge in [-0.15, -0.1) is 11.3 Å².